The fraction of sp³-hybridized carbons (Fsp3) is 0.519. The molecule has 4 rings (SSSR count). The largest absolute Gasteiger partial charge is 0.477 e. The molecule has 1 saturated carbocycles. The number of benzene rings is 1. The van der Waals surface area contributed by atoms with Crippen molar-refractivity contribution in [1.82, 2.24) is 14.8 Å². The molecule has 2 aromatic heterocycles. The van der Waals surface area contributed by atoms with Crippen LogP contribution in [0.25, 0.3) is 16.7 Å². The Kier molecular flexibility index (Phi) is 9.24. The van der Waals surface area contributed by atoms with Gasteiger partial charge in [0.2, 0.25) is 0 Å². The van der Waals surface area contributed by atoms with Crippen LogP contribution in [-0.2, 0) is 9.47 Å². The number of aromatic nitrogens is 3. The standard InChI is InChI=1S/C27H35FN4O4/c1-35-17-18-36-16-6-5-14-31(15-8-13-28)23-19-22(27(33)34)29-26-24(23)25(20-9-7-10-20)30-32(26)21-11-3-2-4-12-21/h2-4,11-12,19-20H,5-10,13-18H2,1H3,(H,33,34). The van der Waals surface area contributed by atoms with Crippen LogP contribution in [0.1, 0.15) is 60.6 Å². The zero-order chi connectivity index (χ0) is 25.3. The Morgan fingerprint density at radius 1 is 1.14 bits per heavy atom. The number of pyridine rings is 1. The minimum atomic E-state index is -1.10. The van der Waals surface area contributed by atoms with Crippen molar-refractivity contribution in [2.45, 2.75) is 44.4 Å². The molecule has 1 aliphatic carbocycles. The predicted octanol–water partition coefficient (Wildman–Crippen LogP) is 5.00. The molecule has 0 bridgehead atoms. The SMILES string of the molecule is COCCOCCCCN(CCCF)c1cc(C(=O)O)nc2c1c(C1CCC1)nn2-c1ccccc1. The van der Waals surface area contributed by atoms with Gasteiger partial charge in [-0.1, -0.05) is 24.6 Å². The maximum atomic E-state index is 13.3. The van der Waals surface area contributed by atoms with Crippen LogP contribution in [0.15, 0.2) is 36.4 Å². The number of ether oxygens (including phenoxy) is 2. The number of alkyl halides is 1. The number of halogens is 1. The highest BCUT2D eigenvalue weighted by molar-refractivity contribution is 5.98. The van der Waals surface area contributed by atoms with Crippen LogP contribution in [0.3, 0.4) is 0 Å². The average Bonchev–Trinajstić information content (AvgIpc) is 3.23. The number of aromatic carboxylic acids is 1. The number of methoxy groups -OCH3 is 1. The number of hydrogen-bond donors (Lipinski definition) is 1. The molecule has 3 aromatic rings. The molecule has 0 aliphatic heterocycles. The third kappa shape index (κ3) is 6.02. The van der Waals surface area contributed by atoms with Crippen LogP contribution < -0.4 is 4.90 Å². The lowest BCUT2D eigenvalue weighted by Crippen LogP contribution is -2.27. The number of rotatable bonds is 15. The van der Waals surface area contributed by atoms with Crippen molar-refractivity contribution >= 4 is 22.7 Å². The summed E-state index contributed by atoms with van der Waals surface area (Å²) in [5.74, 6) is -0.785. The van der Waals surface area contributed by atoms with E-state index in [0.29, 0.717) is 50.9 Å². The molecule has 0 unspecified atom stereocenters. The summed E-state index contributed by atoms with van der Waals surface area (Å²) in [6, 6.07) is 11.3. The first-order valence-corrected chi connectivity index (χ1v) is 12.7. The van der Waals surface area contributed by atoms with Crippen molar-refractivity contribution in [3.8, 4) is 5.69 Å². The second-order valence-corrected chi connectivity index (χ2v) is 9.13. The lowest BCUT2D eigenvalue weighted by atomic mass is 9.82. The average molecular weight is 499 g/mol. The molecule has 0 amide bonds. The minimum Gasteiger partial charge on any atom is -0.477 e. The number of unbranched alkanes of at least 4 members (excludes halogenated alkanes) is 1. The Labute approximate surface area is 211 Å². The molecule has 194 valence electrons. The molecule has 1 aliphatic rings. The predicted molar refractivity (Wildman–Crippen MR) is 137 cm³/mol. The fourth-order valence-corrected chi connectivity index (χ4v) is 4.55. The van der Waals surface area contributed by atoms with Gasteiger partial charge in [-0.05, 0) is 50.3 Å². The zero-order valence-corrected chi connectivity index (χ0v) is 20.9. The third-order valence-electron chi connectivity index (χ3n) is 6.66. The third-order valence-corrected chi connectivity index (χ3v) is 6.66. The van der Waals surface area contributed by atoms with E-state index >= 15 is 0 Å². The van der Waals surface area contributed by atoms with E-state index in [2.05, 4.69) is 9.88 Å². The van der Waals surface area contributed by atoms with Gasteiger partial charge in [0.15, 0.2) is 11.3 Å². The highest BCUT2D eigenvalue weighted by atomic mass is 19.1. The summed E-state index contributed by atoms with van der Waals surface area (Å²) in [6.45, 7) is 2.44. The number of carboxylic acids is 1. The second kappa shape index (κ2) is 12.8. The van der Waals surface area contributed by atoms with Gasteiger partial charge >= 0.3 is 5.97 Å². The number of fused-ring (bicyclic) bond motifs is 1. The fourth-order valence-electron chi connectivity index (χ4n) is 4.55. The van der Waals surface area contributed by atoms with Crippen molar-refractivity contribution < 1.29 is 23.8 Å². The summed E-state index contributed by atoms with van der Waals surface area (Å²) < 4.78 is 25.6. The van der Waals surface area contributed by atoms with Gasteiger partial charge in [0.05, 0.1) is 42.3 Å². The number of hydrogen-bond acceptors (Lipinski definition) is 6. The Morgan fingerprint density at radius 3 is 2.58 bits per heavy atom. The van der Waals surface area contributed by atoms with Crippen molar-refractivity contribution in [1.29, 1.82) is 0 Å². The van der Waals surface area contributed by atoms with Crippen LogP contribution in [-0.4, -0.2) is 72.5 Å². The van der Waals surface area contributed by atoms with Crippen LogP contribution in [0.2, 0.25) is 0 Å². The first-order chi connectivity index (χ1) is 17.6. The zero-order valence-electron chi connectivity index (χ0n) is 20.9. The first-order valence-electron chi connectivity index (χ1n) is 12.7. The Hall–Kier alpha value is -3.04. The Bertz CT molecular complexity index is 1130. The summed E-state index contributed by atoms with van der Waals surface area (Å²) in [5.41, 5.74) is 3.05. The minimum absolute atomic E-state index is 0.0390. The molecular formula is C27H35FN4O4. The molecule has 0 saturated heterocycles. The number of nitrogens with zero attached hydrogens (tertiary/aromatic N) is 4. The van der Waals surface area contributed by atoms with E-state index in [1.54, 1.807) is 17.9 Å². The smallest absolute Gasteiger partial charge is 0.354 e. The molecule has 1 N–H and O–H groups in total. The lowest BCUT2D eigenvalue weighted by molar-refractivity contribution is 0.0689. The summed E-state index contributed by atoms with van der Waals surface area (Å²) >= 11 is 0. The van der Waals surface area contributed by atoms with Gasteiger partial charge in [0.25, 0.3) is 0 Å². The number of carboxylic acid groups (broad SMARTS) is 1. The van der Waals surface area contributed by atoms with Gasteiger partial charge in [-0.2, -0.15) is 5.10 Å². The Balaban J connectivity index is 1.73. The van der Waals surface area contributed by atoms with Gasteiger partial charge < -0.3 is 19.5 Å². The van der Waals surface area contributed by atoms with Crippen molar-refractivity contribution in [2.75, 3.05) is 51.6 Å². The summed E-state index contributed by atoms with van der Waals surface area (Å²) in [5, 5.41) is 15.7. The lowest BCUT2D eigenvalue weighted by Gasteiger charge is -2.28. The molecule has 0 atom stereocenters. The normalized spacial score (nSPS) is 13.7. The van der Waals surface area contributed by atoms with Crippen molar-refractivity contribution in [3.05, 3.63) is 47.8 Å². The molecule has 8 nitrogen and oxygen atoms in total. The topological polar surface area (TPSA) is 89.7 Å². The maximum Gasteiger partial charge on any atom is 0.354 e. The molecule has 9 heteroatoms. The monoisotopic (exact) mass is 498 g/mol. The highest BCUT2D eigenvalue weighted by Gasteiger charge is 2.30. The number of anilines is 1. The second-order valence-electron chi connectivity index (χ2n) is 9.13. The van der Waals surface area contributed by atoms with Gasteiger partial charge in [-0.25, -0.2) is 14.5 Å². The molecule has 1 aromatic carbocycles. The van der Waals surface area contributed by atoms with Crippen molar-refractivity contribution in [3.63, 3.8) is 0 Å². The molecule has 36 heavy (non-hydrogen) atoms. The van der Waals surface area contributed by atoms with Gasteiger partial charge in [0, 0.05) is 32.7 Å². The van der Waals surface area contributed by atoms with E-state index in [1.807, 2.05) is 30.3 Å². The number of carbonyl (C=O) groups is 1. The van der Waals surface area contributed by atoms with E-state index in [9.17, 15) is 14.3 Å². The summed E-state index contributed by atoms with van der Waals surface area (Å²) in [6.07, 6.45) is 5.28. The highest BCUT2D eigenvalue weighted by Crippen LogP contribution is 2.42. The van der Waals surface area contributed by atoms with E-state index in [4.69, 9.17) is 14.6 Å². The van der Waals surface area contributed by atoms with E-state index in [-0.39, 0.29) is 5.69 Å². The molecule has 0 radical (unpaired) electrons. The molecular weight excluding hydrogens is 463 g/mol. The van der Waals surface area contributed by atoms with Crippen LogP contribution in [0.4, 0.5) is 10.1 Å². The van der Waals surface area contributed by atoms with E-state index in [0.717, 1.165) is 54.6 Å². The summed E-state index contributed by atoms with van der Waals surface area (Å²) in [4.78, 5) is 18.7. The molecule has 2 heterocycles. The van der Waals surface area contributed by atoms with Crippen LogP contribution >= 0.6 is 0 Å². The quantitative estimate of drug-likeness (QED) is 0.295. The molecule has 1 fully saturated rings. The summed E-state index contributed by atoms with van der Waals surface area (Å²) in [7, 11) is 1.64. The molecule has 0 spiro atoms. The Morgan fingerprint density at radius 2 is 1.92 bits per heavy atom. The number of para-hydroxylation sites is 1. The van der Waals surface area contributed by atoms with Gasteiger partial charge in [-0.15, -0.1) is 0 Å². The van der Waals surface area contributed by atoms with E-state index < -0.39 is 12.6 Å². The van der Waals surface area contributed by atoms with E-state index in [1.165, 1.54) is 0 Å². The van der Waals surface area contributed by atoms with Crippen LogP contribution in [0, 0.1) is 0 Å². The maximum absolute atomic E-state index is 13.3. The van der Waals surface area contributed by atoms with Gasteiger partial charge in [0.1, 0.15) is 0 Å². The first kappa shape index (κ1) is 26.0. The van der Waals surface area contributed by atoms with Crippen molar-refractivity contribution in [2.24, 2.45) is 0 Å². The van der Waals surface area contributed by atoms with Gasteiger partial charge in [-0.3, -0.25) is 4.39 Å². The van der Waals surface area contributed by atoms with Crippen LogP contribution in [0.5, 0.6) is 0 Å².